The van der Waals surface area contributed by atoms with Gasteiger partial charge in [-0.1, -0.05) is 6.07 Å². The number of aromatic nitrogens is 1. The quantitative estimate of drug-likeness (QED) is 0.591. The van der Waals surface area contributed by atoms with E-state index in [-0.39, 0.29) is 24.2 Å². The van der Waals surface area contributed by atoms with Gasteiger partial charge >= 0.3 is 0 Å². The molecule has 1 rings (SSSR count). The van der Waals surface area contributed by atoms with Crippen LogP contribution in [-0.4, -0.2) is 23.3 Å². The lowest BCUT2D eigenvalue weighted by atomic mass is 10.3. The number of nitrogens with one attached hydrogen (secondary N) is 2. The van der Waals surface area contributed by atoms with Gasteiger partial charge in [0.15, 0.2) is 0 Å². The molecule has 80 valence electrons. The van der Waals surface area contributed by atoms with Crippen molar-refractivity contribution in [2.24, 2.45) is 5.73 Å². The highest BCUT2D eigenvalue weighted by atomic mass is 16.2. The van der Waals surface area contributed by atoms with Gasteiger partial charge in [0.1, 0.15) is 5.69 Å². The molecule has 0 aliphatic carbocycles. The summed E-state index contributed by atoms with van der Waals surface area (Å²) in [5.41, 5.74) is 4.70. The fraction of sp³-hybridized carbons (Fsp3) is 0.222. The van der Waals surface area contributed by atoms with E-state index in [1.54, 1.807) is 0 Å². The average Bonchev–Trinajstić information content (AvgIpc) is 2.17. The fourth-order valence-electron chi connectivity index (χ4n) is 0.975. The molecule has 0 fully saturated rings. The molecule has 4 N–H and O–H groups in total. The summed E-state index contributed by atoms with van der Waals surface area (Å²) in [4.78, 5) is 35.0. The van der Waals surface area contributed by atoms with Crippen molar-refractivity contribution >= 4 is 11.8 Å². The van der Waals surface area contributed by atoms with Gasteiger partial charge in [0, 0.05) is 19.0 Å². The Balaban J connectivity index is 2.54. The highest BCUT2D eigenvalue weighted by Crippen LogP contribution is 1.89. The smallest absolute Gasteiger partial charge is 0.267 e. The Bertz CT molecular complexity index is 425. The van der Waals surface area contributed by atoms with E-state index < -0.39 is 11.8 Å². The van der Waals surface area contributed by atoms with Crippen molar-refractivity contribution in [3.63, 3.8) is 0 Å². The van der Waals surface area contributed by atoms with Crippen LogP contribution in [0.25, 0.3) is 0 Å². The number of carbonyl (C=O) groups excluding carboxylic acids is 2. The number of primary amides is 1. The van der Waals surface area contributed by atoms with E-state index >= 15 is 0 Å². The molecule has 1 aromatic rings. The van der Waals surface area contributed by atoms with Crippen LogP contribution in [0.1, 0.15) is 16.9 Å². The highest BCUT2D eigenvalue weighted by Gasteiger charge is 2.05. The molecule has 0 atom stereocenters. The number of aromatic amines is 1. The molecule has 0 bridgehead atoms. The summed E-state index contributed by atoms with van der Waals surface area (Å²) in [6.45, 7) is 0.158. The van der Waals surface area contributed by atoms with Crippen molar-refractivity contribution < 1.29 is 9.59 Å². The molecule has 0 aliphatic rings. The normalized spacial score (nSPS) is 9.60. The van der Waals surface area contributed by atoms with Crippen LogP contribution in [0.5, 0.6) is 0 Å². The molecule has 0 aliphatic heterocycles. The highest BCUT2D eigenvalue weighted by molar-refractivity contribution is 5.92. The molecule has 0 unspecified atom stereocenters. The molecule has 0 saturated carbocycles. The van der Waals surface area contributed by atoms with E-state index in [4.69, 9.17) is 5.73 Å². The second kappa shape index (κ2) is 4.94. The Hall–Kier alpha value is -2.11. The summed E-state index contributed by atoms with van der Waals surface area (Å²) >= 11 is 0. The van der Waals surface area contributed by atoms with Crippen LogP contribution in [0.3, 0.4) is 0 Å². The number of hydrogen-bond acceptors (Lipinski definition) is 3. The minimum atomic E-state index is -0.489. The zero-order valence-electron chi connectivity index (χ0n) is 7.95. The van der Waals surface area contributed by atoms with Crippen molar-refractivity contribution in [1.82, 2.24) is 10.3 Å². The third-order valence-electron chi connectivity index (χ3n) is 1.67. The van der Waals surface area contributed by atoms with Gasteiger partial charge in [0.2, 0.25) is 11.5 Å². The fourth-order valence-corrected chi connectivity index (χ4v) is 0.975. The van der Waals surface area contributed by atoms with Gasteiger partial charge in [0.25, 0.3) is 5.91 Å². The molecule has 0 spiro atoms. The summed E-state index contributed by atoms with van der Waals surface area (Å²) in [6, 6.07) is 4.25. The van der Waals surface area contributed by atoms with Crippen LogP contribution in [0.4, 0.5) is 0 Å². The maximum atomic E-state index is 11.3. The number of rotatable bonds is 4. The predicted molar refractivity (Wildman–Crippen MR) is 53.2 cm³/mol. The maximum absolute atomic E-state index is 11.3. The van der Waals surface area contributed by atoms with E-state index in [0.29, 0.717) is 0 Å². The number of amides is 2. The van der Waals surface area contributed by atoms with Crippen LogP contribution in [-0.2, 0) is 4.79 Å². The van der Waals surface area contributed by atoms with Gasteiger partial charge in [-0.3, -0.25) is 14.4 Å². The lowest BCUT2D eigenvalue weighted by Crippen LogP contribution is -2.29. The molecule has 15 heavy (non-hydrogen) atoms. The second-order valence-corrected chi connectivity index (χ2v) is 2.90. The standard InChI is InChI=1S/C9H11N3O3/c10-7(13)4-5-11-9(15)6-2-1-3-8(14)12-6/h1-3H,4-5H2,(H2,10,13)(H,11,15)(H,12,14). The Morgan fingerprint density at radius 3 is 2.73 bits per heavy atom. The van der Waals surface area contributed by atoms with E-state index in [1.165, 1.54) is 18.2 Å². The molecule has 1 aromatic heterocycles. The van der Waals surface area contributed by atoms with Crippen molar-refractivity contribution in [3.05, 3.63) is 34.2 Å². The first-order valence-electron chi connectivity index (χ1n) is 4.35. The van der Waals surface area contributed by atoms with Crippen LogP contribution < -0.4 is 16.6 Å². The molecule has 1 heterocycles. The predicted octanol–water partition coefficient (Wildman–Crippen LogP) is -1.02. The SMILES string of the molecule is NC(=O)CCNC(=O)c1cccc(=O)[nH]1. The molecule has 0 aromatic carbocycles. The van der Waals surface area contributed by atoms with E-state index in [9.17, 15) is 14.4 Å². The molecule has 0 radical (unpaired) electrons. The zero-order valence-corrected chi connectivity index (χ0v) is 7.95. The topological polar surface area (TPSA) is 105 Å². The van der Waals surface area contributed by atoms with Crippen LogP contribution in [0.2, 0.25) is 0 Å². The number of H-pyrrole nitrogens is 1. The van der Waals surface area contributed by atoms with Gasteiger partial charge in [0.05, 0.1) is 0 Å². The van der Waals surface area contributed by atoms with Crippen molar-refractivity contribution in [2.45, 2.75) is 6.42 Å². The van der Waals surface area contributed by atoms with Crippen LogP contribution in [0.15, 0.2) is 23.0 Å². The Morgan fingerprint density at radius 1 is 1.40 bits per heavy atom. The molecule has 6 heteroatoms. The molecular weight excluding hydrogens is 198 g/mol. The lowest BCUT2D eigenvalue weighted by Gasteiger charge is -2.02. The van der Waals surface area contributed by atoms with Crippen molar-refractivity contribution in [2.75, 3.05) is 6.54 Å². The van der Waals surface area contributed by atoms with E-state index in [2.05, 4.69) is 10.3 Å². The minimum absolute atomic E-state index is 0.0722. The van der Waals surface area contributed by atoms with Crippen LogP contribution in [0, 0.1) is 0 Å². The summed E-state index contributed by atoms with van der Waals surface area (Å²) in [5, 5.41) is 2.45. The van der Waals surface area contributed by atoms with Gasteiger partial charge in [-0.05, 0) is 6.07 Å². The van der Waals surface area contributed by atoms with Gasteiger partial charge in [-0.25, -0.2) is 0 Å². The summed E-state index contributed by atoms with van der Waals surface area (Å²) in [6.07, 6.45) is 0.0722. The monoisotopic (exact) mass is 209 g/mol. The molecule has 6 nitrogen and oxygen atoms in total. The Kier molecular flexibility index (Phi) is 3.61. The van der Waals surface area contributed by atoms with Gasteiger partial charge in [-0.2, -0.15) is 0 Å². The first-order chi connectivity index (χ1) is 7.09. The Labute approximate surface area is 85.5 Å². The third-order valence-corrected chi connectivity index (χ3v) is 1.67. The van der Waals surface area contributed by atoms with Crippen molar-refractivity contribution in [1.29, 1.82) is 0 Å². The zero-order chi connectivity index (χ0) is 11.3. The van der Waals surface area contributed by atoms with Gasteiger partial charge < -0.3 is 16.0 Å². The summed E-state index contributed by atoms with van der Waals surface area (Å²) in [5.74, 6) is -0.925. The summed E-state index contributed by atoms with van der Waals surface area (Å²) in [7, 11) is 0. The largest absolute Gasteiger partial charge is 0.370 e. The molecular formula is C9H11N3O3. The lowest BCUT2D eigenvalue weighted by molar-refractivity contribution is -0.117. The number of pyridine rings is 1. The number of hydrogen-bond donors (Lipinski definition) is 3. The molecule has 2 amide bonds. The first kappa shape index (κ1) is 11.0. The minimum Gasteiger partial charge on any atom is -0.370 e. The first-order valence-corrected chi connectivity index (χ1v) is 4.35. The van der Waals surface area contributed by atoms with E-state index in [1.807, 2.05) is 0 Å². The van der Waals surface area contributed by atoms with Gasteiger partial charge in [-0.15, -0.1) is 0 Å². The van der Waals surface area contributed by atoms with Crippen molar-refractivity contribution in [3.8, 4) is 0 Å². The average molecular weight is 209 g/mol. The summed E-state index contributed by atoms with van der Waals surface area (Å²) < 4.78 is 0. The number of nitrogens with two attached hydrogens (primary N) is 1. The molecule has 0 saturated heterocycles. The number of carbonyl (C=O) groups is 2. The third kappa shape index (κ3) is 3.63. The second-order valence-electron chi connectivity index (χ2n) is 2.90. The Morgan fingerprint density at radius 2 is 2.13 bits per heavy atom. The van der Waals surface area contributed by atoms with Crippen LogP contribution >= 0.6 is 0 Å². The van der Waals surface area contributed by atoms with E-state index in [0.717, 1.165) is 0 Å². The maximum Gasteiger partial charge on any atom is 0.267 e.